The van der Waals surface area contributed by atoms with E-state index in [0.717, 1.165) is 55.3 Å². The maximum atomic E-state index is 12.6. The van der Waals surface area contributed by atoms with Crippen molar-refractivity contribution in [3.05, 3.63) is 65.2 Å². The molecule has 0 bridgehead atoms. The van der Waals surface area contributed by atoms with Gasteiger partial charge in [-0.25, -0.2) is 0 Å². The van der Waals surface area contributed by atoms with Crippen molar-refractivity contribution < 1.29 is 22.6 Å². The molecule has 6 heteroatoms. The third kappa shape index (κ3) is 4.56. The van der Waals surface area contributed by atoms with Crippen molar-refractivity contribution in [2.75, 3.05) is 31.2 Å². The molecule has 2 heterocycles. The molecule has 138 valence electrons. The van der Waals surface area contributed by atoms with E-state index in [1.165, 1.54) is 12.1 Å². The van der Waals surface area contributed by atoms with E-state index in [0.29, 0.717) is 18.6 Å². The largest absolute Gasteiger partial charge is 0.416 e. The molecule has 2 aliphatic heterocycles. The van der Waals surface area contributed by atoms with Crippen LogP contribution in [0.5, 0.6) is 0 Å². The monoisotopic (exact) mass is 363 g/mol. The Hall–Kier alpha value is -2.05. The van der Waals surface area contributed by atoms with Gasteiger partial charge in [0.25, 0.3) is 0 Å². The number of halogens is 3. The van der Waals surface area contributed by atoms with E-state index >= 15 is 0 Å². The van der Waals surface area contributed by atoms with Crippen LogP contribution in [-0.4, -0.2) is 38.5 Å². The fourth-order valence-corrected chi connectivity index (χ4v) is 3.00. The Labute approximate surface area is 150 Å². The third-order valence-corrected chi connectivity index (χ3v) is 4.64. The molecule has 0 N–H and O–H groups in total. The van der Waals surface area contributed by atoms with Crippen molar-refractivity contribution in [1.29, 1.82) is 0 Å². The predicted molar refractivity (Wildman–Crippen MR) is 92.4 cm³/mol. The summed E-state index contributed by atoms with van der Waals surface area (Å²) < 4.78 is 48.6. The zero-order valence-corrected chi connectivity index (χ0v) is 14.2. The van der Waals surface area contributed by atoms with Crippen molar-refractivity contribution in [2.24, 2.45) is 0 Å². The van der Waals surface area contributed by atoms with Gasteiger partial charge < -0.3 is 14.4 Å². The van der Waals surface area contributed by atoms with Crippen LogP contribution in [0, 0.1) is 0 Å². The number of anilines is 1. The van der Waals surface area contributed by atoms with Gasteiger partial charge >= 0.3 is 6.18 Å². The summed E-state index contributed by atoms with van der Waals surface area (Å²) >= 11 is 0. The minimum Gasteiger partial charge on any atom is -0.371 e. The second kappa shape index (κ2) is 6.93. The van der Waals surface area contributed by atoms with E-state index in [2.05, 4.69) is 17.0 Å². The quantitative estimate of drug-likeness (QED) is 0.699. The number of hydrogen-bond acceptors (Lipinski definition) is 3. The van der Waals surface area contributed by atoms with Crippen molar-refractivity contribution in [1.82, 2.24) is 0 Å². The fourth-order valence-electron chi connectivity index (χ4n) is 3.00. The number of epoxide rings is 2. The summed E-state index contributed by atoms with van der Waals surface area (Å²) in [6.45, 7) is 3.35. The lowest BCUT2D eigenvalue weighted by Crippen LogP contribution is -2.31. The van der Waals surface area contributed by atoms with Gasteiger partial charge in [-0.3, -0.25) is 0 Å². The molecule has 2 aliphatic rings. The number of alkyl halides is 3. The molecule has 2 saturated heterocycles. The van der Waals surface area contributed by atoms with Crippen LogP contribution < -0.4 is 4.90 Å². The van der Waals surface area contributed by atoms with E-state index in [4.69, 9.17) is 9.47 Å². The summed E-state index contributed by atoms with van der Waals surface area (Å²) in [5, 5.41) is 0. The Morgan fingerprint density at radius 3 is 1.69 bits per heavy atom. The molecule has 2 unspecified atom stereocenters. The van der Waals surface area contributed by atoms with Gasteiger partial charge in [0.15, 0.2) is 0 Å². The first-order valence-corrected chi connectivity index (χ1v) is 8.70. The lowest BCUT2D eigenvalue weighted by molar-refractivity contribution is -0.137. The molecule has 0 aliphatic carbocycles. The van der Waals surface area contributed by atoms with Crippen LogP contribution >= 0.6 is 0 Å². The van der Waals surface area contributed by atoms with Crippen molar-refractivity contribution in [2.45, 2.75) is 24.8 Å². The van der Waals surface area contributed by atoms with Crippen molar-refractivity contribution in [3.8, 4) is 0 Å². The van der Waals surface area contributed by atoms with Crippen molar-refractivity contribution in [3.63, 3.8) is 0 Å². The minimum atomic E-state index is -4.29. The highest BCUT2D eigenvalue weighted by atomic mass is 19.4. The van der Waals surface area contributed by atoms with E-state index in [9.17, 15) is 13.2 Å². The number of nitrogens with zero attached hydrogens (tertiary/aromatic N) is 1. The Balaban J connectivity index is 1.41. The van der Waals surface area contributed by atoms with Crippen molar-refractivity contribution >= 4 is 5.69 Å². The van der Waals surface area contributed by atoms with Crippen LogP contribution in [0.2, 0.25) is 0 Å². The van der Waals surface area contributed by atoms with Crippen LogP contribution in [0.25, 0.3) is 0 Å². The minimum absolute atomic E-state index is 0.306. The summed E-state index contributed by atoms with van der Waals surface area (Å²) in [5.41, 5.74) is 2.43. The van der Waals surface area contributed by atoms with E-state index in [1.54, 1.807) is 0 Å². The standard InChI is InChI=1S/C20H20F3NO2/c21-20(22,23)16-5-1-14(2-6-16)9-15-3-7-17(8-4-15)24(10-18-12-25-18)11-19-13-26-19/h1-8,18-19H,9-13H2. The van der Waals surface area contributed by atoms with Gasteiger partial charge in [-0.1, -0.05) is 24.3 Å². The first-order valence-electron chi connectivity index (χ1n) is 8.70. The maximum Gasteiger partial charge on any atom is 0.416 e. The van der Waals surface area contributed by atoms with Gasteiger partial charge in [0, 0.05) is 18.8 Å². The van der Waals surface area contributed by atoms with Crippen LogP contribution in [0.1, 0.15) is 16.7 Å². The Morgan fingerprint density at radius 2 is 1.27 bits per heavy atom. The fraction of sp³-hybridized carbons (Fsp3) is 0.400. The third-order valence-electron chi connectivity index (χ3n) is 4.64. The second-order valence-corrected chi connectivity index (χ2v) is 6.85. The highest BCUT2D eigenvalue weighted by Gasteiger charge is 2.31. The van der Waals surface area contributed by atoms with Gasteiger partial charge in [0.05, 0.1) is 31.0 Å². The Kier molecular flexibility index (Phi) is 4.63. The topological polar surface area (TPSA) is 28.3 Å². The summed E-state index contributed by atoms with van der Waals surface area (Å²) in [4.78, 5) is 2.28. The molecule has 0 saturated carbocycles. The molecule has 0 radical (unpaired) electrons. The summed E-state index contributed by atoms with van der Waals surface area (Å²) in [6.07, 6.45) is -3.07. The van der Waals surface area contributed by atoms with Gasteiger partial charge in [-0.15, -0.1) is 0 Å². The highest BCUT2D eigenvalue weighted by molar-refractivity contribution is 5.49. The molecule has 26 heavy (non-hydrogen) atoms. The Morgan fingerprint density at radius 1 is 0.808 bits per heavy atom. The number of benzene rings is 2. The molecule has 4 rings (SSSR count). The first kappa shape index (κ1) is 17.4. The zero-order chi connectivity index (χ0) is 18.1. The zero-order valence-electron chi connectivity index (χ0n) is 14.2. The van der Waals surface area contributed by atoms with E-state index in [1.807, 2.05) is 12.1 Å². The van der Waals surface area contributed by atoms with Gasteiger partial charge in [-0.2, -0.15) is 13.2 Å². The molecule has 2 atom stereocenters. The summed E-state index contributed by atoms with van der Waals surface area (Å²) in [6, 6.07) is 13.5. The number of hydrogen-bond donors (Lipinski definition) is 0. The smallest absolute Gasteiger partial charge is 0.371 e. The normalized spacial score (nSPS) is 21.5. The highest BCUT2D eigenvalue weighted by Crippen LogP contribution is 2.29. The first-order chi connectivity index (χ1) is 12.5. The number of rotatable bonds is 7. The van der Waals surface area contributed by atoms with Gasteiger partial charge in [0.1, 0.15) is 0 Å². The average molecular weight is 363 g/mol. The SMILES string of the molecule is FC(F)(F)c1ccc(Cc2ccc(N(CC3CO3)CC3CO3)cc2)cc1. The molecule has 2 aromatic carbocycles. The summed E-state index contributed by atoms with van der Waals surface area (Å²) in [7, 11) is 0. The predicted octanol–water partition coefficient (Wildman–Crippen LogP) is 3.90. The number of ether oxygens (including phenoxy) is 2. The van der Waals surface area contributed by atoms with Crippen LogP contribution in [0.3, 0.4) is 0 Å². The van der Waals surface area contributed by atoms with Crippen LogP contribution in [0.4, 0.5) is 18.9 Å². The molecule has 2 fully saturated rings. The van der Waals surface area contributed by atoms with Crippen LogP contribution in [0.15, 0.2) is 48.5 Å². The lowest BCUT2D eigenvalue weighted by atomic mass is 10.0. The molecule has 0 amide bonds. The maximum absolute atomic E-state index is 12.6. The van der Waals surface area contributed by atoms with Gasteiger partial charge in [0.2, 0.25) is 0 Å². The average Bonchev–Trinajstić information content (AvgIpc) is 3.51. The lowest BCUT2D eigenvalue weighted by Gasteiger charge is -2.23. The van der Waals surface area contributed by atoms with Gasteiger partial charge in [-0.05, 0) is 41.8 Å². The van der Waals surface area contributed by atoms with Crippen LogP contribution in [-0.2, 0) is 22.1 Å². The molecule has 3 nitrogen and oxygen atoms in total. The second-order valence-electron chi connectivity index (χ2n) is 6.85. The molecular formula is C20H20F3NO2. The Bertz CT molecular complexity index is 721. The molecular weight excluding hydrogens is 343 g/mol. The molecule has 0 aromatic heterocycles. The molecule has 2 aromatic rings. The van der Waals surface area contributed by atoms with E-state index in [-0.39, 0.29) is 0 Å². The summed E-state index contributed by atoms with van der Waals surface area (Å²) in [5.74, 6) is 0. The van der Waals surface area contributed by atoms with E-state index < -0.39 is 11.7 Å². The molecule has 0 spiro atoms.